The molecule has 2 aliphatic rings. The molecule has 0 amide bonds. The van der Waals surface area contributed by atoms with E-state index in [1.807, 2.05) is 11.3 Å². The highest BCUT2D eigenvalue weighted by atomic mass is 32.1. The highest BCUT2D eigenvalue weighted by molar-refractivity contribution is 7.26. The van der Waals surface area contributed by atoms with Gasteiger partial charge in [0.15, 0.2) is 0 Å². The molecule has 0 N–H and O–H groups in total. The number of fused-ring (bicyclic) bond motifs is 19. The van der Waals surface area contributed by atoms with Crippen LogP contribution in [0.15, 0.2) is 273 Å². The Hall–Kier alpha value is -9.34. The minimum Gasteiger partial charge on any atom is -0.309 e. The maximum atomic E-state index is 2.62. The van der Waals surface area contributed by atoms with Gasteiger partial charge < -0.3 is 4.90 Å². The molecule has 1 spiro atoms. The Kier molecular flexibility index (Phi) is 9.19. The van der Waals surface area contributed by atoms with Crippen LogP contribution in [0.1, 0.15) is 22.3 Å². The summed E-state index contributed by atoms with van der Waals surface area (Å²) < 4.78 is 2.57. The van der Waals surface area contributed by atoms with Gasteiger partial charge in [-0.1, -0.05) is 224 Å². The van der Waals surface area contributed by atoms with E-state index < -0.39 is 5.41 Å². The average molecular weight is 968 g/mol. The van der Waals surface area contributed by atoms with E-state index in [2.05, 4.69) is 278 Å². The van der Waals surface area contributed by atoms with Crippen molar-refractivity contribution in [2.75, 3.05) is 4.90 Å². The number of hydrogen-bond acceptors (Lipinski definition) is 2. The quantitative estimate of drug-likeness (QED) is 0.150. The van der Waals surface area contributed by atoms with Crippen molar-refractivity contribution in [2.24, 2.45) is 0 Å². The number of nitrogens with zero attached hydrogens (tertiary/aromatic N) is 1. The smallest absolute Gasteiger partial charge is 0.0726 e. The number of thiophene rings is 1. The predicted octanol–water partition coefficient (Wildman–Crippen LogP) is 20.3. The molecule has 1 heterocycles. The fourth-order valence-corrected chi connectivity index (χ4v) is 14.5. The van der Waals surface area contributed by atoms with E-state index >= 15 is 0 Å². The number of benzene rings is 13. The lowest BCUT2D eigenvalue weighted by Crippen LogP contribution is -2.26. The molecule has 0 saturated carbocycles. The molecule has 0 fully saturated rings. The van der Waals surface area contributed by atoms with Gasteiger partial charge in [-0.3, -0.25) is 0 Å². The summed E-state index contributed by atoms with van der Waals surface area (Å²) in [6.45, 7) is 0. The highest BCUT2D eigenvalue weighted by Gasteiger charge is 2.52. The van der Waals surface area contributed by atoms with E-state index in [9.17, 15) is 0 Å². The van der Waals surface area contributed by atoms with Crippen molar-refractivity contribution < 1.29 is 0 Å². The molecule has 1 aromatic heterocycles. The Morgan fingerprint density at radius 2 is 0.760 bits per heavy atom. The first-order valence-corrected chi connectivity index (χ1v) is 26.8. The fraction of sp³-hybridized carbons (Fsp3) is 0.0137. The van der Waals surface area contributed by atoms with Crippen LogP contribution in [0, 0.1) is 0 Å². The highest BCUT2D eigenvalue weighted by Crippen LogP contribution is 2.65. The van der Waals surface area contributed by atoms with Crippen LogP contribution in [0.2, 0.25) is 0 Å². The average Bonchev–Trinajstić information content (AvgIpc) is 4.20. The topological polar surface area (TPSA) is 3.24 Å². The zero-order valence-corrected chi connectivity index (χ0v) is 41.7. The first kappa shape index (κ1) is 42.2. The normalized spacial score (nSPS) is 12.9. The van der Waals surface area contributed by atoms with E-state index in [-0.39, 0.29) is 0 Å². The summed E-state index contributed by atoms with van der Waals surface area (Å²) in [6.07, 6.45) is 0. The molecule has 0 bridgehead atoms. The summed E-state index contributed by atoms with van der Waals surface area (Å²) in [5, 5.41) is 10.1. The lowest BCUT2D eigenvalue weighted by atomic mass is 9.70. The third kappa shape index (κ3) is 6.06. The van der Waals surface area contributed by atoms with Crippen LogP contribution in [0.5, 0.6) is 0 Å². The van der Waals surface area contributed by atoms with Crippen molar-refractivity contribution in [3.63, 3.8) is 0 Å². The standard InChI is InChI=1S/C73H45NS/c1-3-20-46(21-4-1)48-38-41-68(60(42-48)47-22-5-2-6-23-47)74(49-39-40-54-52-26-8-7-24-50(52)51-25-9-10-27-53(51)61(54)43-49)69-45-67-62(44-63(69)58-32-19-37-71-72(58)59-31-14-18-36-70(59)75-71)57-30-13-17-35-66(57)73(67)64-33-15-11-28-55(64)56-29-12-16-34-65(56)73/h1-45H. The molecule has 13 aromatic carbocycles. The zero-order valence-electron chi connectivity index (χ0n) is 40.8. The molecule has 0 unspecified atom stereocenters. The number of hydrogen-bond donors (Lipinski definition) is 0. The molecule has 0 aliphatic heterocycles. The SMILES string of the molecule is c1ccc(-c2ccc(N(c3ccc4c5ccccc5c5ccccc5c4c3)c3cc4c(cc3-c3cccc5sc6ccccc6c35)-c3ccccc3C43c4ccccc4-c4ccccc43)c(-c3ccccc3)c2)cc1. The second kappa shape index (κ2) is 16.3. The lowest BCUT2D eigenvalue weighted by molar-refractivity contribution is 0.794. The molecule has 0 radical (unpaired) electrons. The summed E-state index contributed by atoms with van der Waals surface area (Å²) in [4.78, 5) is 2.62. The molecule has 2 aliphatic carbocycles. The monoisotopic (exact) mass is 967 g/mol. The molecular weight excluding hydrogens is 923 g/mol. The van der Waals surface area contributed by atoms with Crippen LogP contribution in [0.25, 0.3) is 108 Å². The molecule has 348 valence electrons. The van der Waals surface area contributed by atoms with Gasteiger partial charge in [-0.25, -0.2) is 0 Å². The van der Waals surface area contributed by atoms with E-state index in [4.69, 9.17) is 0 Å². The second-order valence-electron chi connectivity index (χ2n) is 20.2. The first-order valence-electron chi connectivity index (χ1n) is 26.0. The number of rotatable bonds is 6. The van der Waals surface area contributed by atoms with Crippen molar-refractivity contribution in [3.05, 3.63) is 295 Å². The molecule has 0 saturated heterocycles. The van der Waals surface area contributed by atoms with Gasteiger partial charge in [0.05, 0.1) is 16.8 Å². The van der Waals surface area contributed by atoms with Crippen LogP contribution in [0.4, 0.5) is 17.1 Å². The maximum Gasteiger partial charge on any atom is 0.0726 e. The molecule has 16 rings (SSSR count). The largest absolute Gasteiger partial charge is 0.309 e. The zero-order chi connectivity index (χ0) is 49.2. The van der Waals surface area contributed by atoms with Crippen molar-refractivity contribution in [1.82, 2.24) is 0 Å². The van der Waals surface area contributed by atoms with E-state index in [1.54, 1.807) is 0 Å². The van der Waals surface area contributed by atoms with Crippen LogP contribution in [0.3, 0.4) is 0 Å². The predicted molar refractivity (Wildman–Crippen MR) is 319 cm³/mol. The summed E-state index contributed by atoms with van der Waals surface area (Å²) in [6, 6.07) is 103. The summed E-state index contributed by atoms with van der Waals surface area (Å²) in [5.74, 6) is 0. The summed E-state index contributed by atoms with van der Waals surface area (Å²) >= 11 is 1.88. The number of anilines is 3. The molecular formula is C73H45NS. The van der Waals surface area contributed by atoms with Gasteiger partial charge in [-0.2, -0.15) is 0 Å². The van der Waals surface area contributed by atoms with Crippen LogP contribution < -0.4 is 4.90 Å². The fourth-order valence-electron chi connectivity index (χ4n) is 13.4. The Morgan fingerprint density at radius 1 is 0.253 bits per heavy atom. The van der Waals surface area contributed by atoms with Gasteiger partial charge in [0.2, 0.25) is 0 Å². The van der Waals surface area contributed by atoms with Crippen molar-refractivity contribution in [2.45, 2.75) is 5.41 Å². The molecule has 75 heavy (non-hydrogen) atoms. The third-order valence-electron chi connectivity index (χ3n) is 16.5. The Bertz CT molecular complexity index is 4580. The third-order valence-corrected chi connectivity index (χ3v) is 17.6. The van der Waals surface area contributed by atoms with E-state index in [0.29, 0.717) is 0 Å². The molecule has 14 aromatic rings. The maximum absolute atomic E-state index is 2.62. The first-order chi connectivity index (χ1) is 37.2. The van der Waals surface area contributed by atoms with Gasteiger partial charge in [-0.05, 0) is 148 Å². The van der Waals surface area contributed by atoms with Crippen molar-refractivity contribution in [1.29, 1.82) is 0 Å². The molecule has 2 heteroatoms. The van der Waals surface area contributed by atoms with Gasteiger partial charge in [0.1, 0.15) is 0 Å². The Morgan fingerprint density at radius 3 is 1.41 bits per heavy atom. The van der Waals surface area contributed by atoms with Gasteiger partial charge in [-0.15, -0.1) is 11.3 Å². The van der Waals surface area contributed by atoms with Gasteiger partial charge in [0.25, 0.3) is 0 Å². The minimum absolute atomic E-state index is 0.558. The van der Waals surface area contributed by atoms with E-state index in [1.165, 1.54) is 119 Å². The Balaban J connectivity index is 1.09. The van der Waals surface area contributed by atoms with Gasteiger partial charge >= 0.3 is 0 Å². The summed E-state index contributed by atoms with van der Waals surface area (Å²) in [5.41, 5.74) is 20.3. The minimum atomic E-state index is -0.558. The second-order valence-corrected chi connectivity index (χ2v) is 21.3. The van der Waals surface area contributed by atoms with Gasteiger partial charge in [0, 0.05) is 37.0 Å². The Labute approximate surface area is 439 Å². The lowest BCUT2D eigenvalue weighted by Gasteiger charge is -2.34. The molecule has 1 nitrogen and oxygen atoms in total. The van der Waals surface area contributed by atoms with Crippen LogP contribution in [-0.2, 0) is 5.41 Å². The summed E-state index contributed by atoms with van der Waals surface area (Å²) in [7, 11) is 0. The van der Waals surface area contributed by atoms with Crippen LogP contribution in [-0.4, -0.2) is 0 Å². The van der Waals surface area contributed by atoms with E-state index in [0.717, 1.165) is 28.2 Å². The van der Waals surface area contributed by atoms with Crippen LogP contribution >= 0.6 is 11.3 Å². The van der Waals surface area contributed by atoms with Crippen molar-refractivity contribution >= 4 is 80.9 Å². The van der Waals surface area contributed by atoms with Crippen molar-refractivity contribution in [3.8, 4) is 55.6 Å². The molecule has 0 atom stereocenters.